The summed E-state index contributed by atoms with van der Waals surface area (Å²) in [7, 11) is 1.56. The Labute approximate surface area is 235 Å². The number of anilines is 3. The molecule has 0 aliphatic carbocycles. The van der Waals surface area contributed by atoms with Gasteiger partial charge in [0.1, 0.15) is 25.3 Å². The average Bonchev–Trinajstić information content (AvgIpc) is 3.41. The number of nitrogens with zero attached hydrogens (tertiary/aromatic N) is 5. The standard InChI is InChI=1S/C28H31F2N7O4/c1-40-24-11-20-23(12-25(24)41-10-9-36-8-3-2-5-19(36)16-38)31-17-32-28(20)34-18-13-33-37(14-18)15-26(39)35-22-7-4-6-21(29)27(22)30/h4,6-7,11-14,17,19,38H,2-3,5,8-10,15-16H2,1H3,(H,35,39)(H,31,32,34). The van der Waals surface area contributed by atoms with E-state index in [2.05, 4.69) is 30.6 Å². The van der Waals surface area contributed by atoms with Gasteiger partial charge in [-0.1, -0.05) is 12.5 Å². The van der Waals surface area contributed by atoms with E-state index in [9.17, 15) is 18.7 Å². The van der Waals surface area contributed by atoms with Crippen molar-refractivity contribution in [3.63, 3.8) is 0 Å². The lowest BCUT2D eigenvalue weighted by molar-refractivity contribution is -0.116. The molecule has 1 unspecified atom stereocenters. The molecule has 13 heteroatoms. The molecule has 1 aliphatic rings. The van der Waals surface area contributed by atoms with Gasteiger partial charge in [-0.05, 0) is 37.6 Å². The molecule has 1 saturated heterocycles. The molecule has 2 aromatic heterocycles. The van der Waals surface area contributed by atoms with Crippen LogP contribution < -0.4 is 20.1 Å². The second-order valence-electron chi connectivity index (χ2n) is 9.66. The Balaban J connectivity index is 1.25. The fourth-order valence-electron chi connectivity index (χ4n) is 4.86. The van der Waals surface area contributed by atoms with Crippen LogP contribution in [0, 0.1) is 11.6 Å². The maximum Gasteiger partial charge on any atom is 0.246 e. The molecule has 41 heavy (non-hydrogen) atoms. The zero-order valence-corrected chi connectivity index (χ0v) is 22.5. The molecule has 0 bridgehead atoms. The van der Waals surface area contributed by atoms with Crippen molar-refractivity contribution < 1.29 is 28.2 Å². The van der Waals surface area contributed by atoms with Crippen LogP contribution in [0.4, 0.5) is 26.0 Å². The Morgan fingerprint density at radius 2 is 2.07 bits per heavy atom. The van der Waals surface area contributed by atoms with Gasteiger partial charge in [-0.25, -0.2) is 18.7 Å². The molecule has 0 spiro atoms. The van der Waals surface area contributed by atoms with Gasteiger partial charge in [0.15, 0.2) is 23.1 Å². The number of ether oxygens (including phenoxy) is 2. The van der Waals surface area contributed by atoms with E-state index in [0.29, 0.717) is 47.1 Å². The molecule has 4 aromatic rings. The Morgan fingerprint density at radius 1 is 1.20 bits per heavy atom. The highest BCUT2D eigenvalue weighted by Crippen LogP contribution is 2.35. The molecule has 5 rings (SSSR count). The molecule has 3 N–H and O–H groups in total. The van der Waals surface area contributed by atoms with E-state index >= 15 is 0 Å². The third-order valence-electron chi connectivity index (χ3n) is 6.94. The molecule has 216 valence electrons. The SMILES string of the molecule is COc1cc2c(Nc3cnn(CC(=O)Nc4cccc(F)c4F)c3)ncnc2cc1OCCN1CCCCC1CO. The minimum absolute atomic E-state index is 0.146. The summed E-state index contributed by atoms with van der Waals surface area (Å²) in [5, 5.41) is 20.0. The molecule has 0 radical (unpaired) electrons. The summed E-state index contributed by atoms with van der Waals surface area (Å²) in [5.74, 6) is -1.18. The lowest BCUT2D eigenvalue weighted by Gasteiger charge is -2.34. The molecular weight excluding hydrogens is 536 g/mol. The molecule has 1 aliphatic heterocycles. The van der Waals surface area contributed by atoms with E-state index in [1.54, 1.807) is 25.4 Å². The van der Waals surface area contributed by atoms with Crippen LogP contribution in [0.3, 0.4) is 0 Å². The van der Waals surface area contributed by atoms with Crippen LogP contribution in [0.25, 0.3) is 10.9 Å². The number of methoxy groups -OCH3 is 1. The smallest absolute Gasteiger partial charge is 0.246 e. The largest absolute Gasteiger partial charge is 0.493 e. The van der Waals surface area contributed by atoms with Crippen molar-refractivity contribution in [2.45, 2.75) is 31.8 Å². The second kappa shape index (κ2) is 12.9. The van der Waals surface area contributed by atoms with Crippen molar-refractivity contribution in [3.8, 4) is 11.5 Å². The summed E-state index contributed by atoms with van der Waals surface area (Å²) in [6, 6.07) is 7.31. The van der Waals surface area contributed by atoms with E-state index in [0.717, 1.165) is 31.9 Å². The fourth-order valence-corrected chi connectivity index (χ4v) is 4.86. The van der Waals surface area contributed by atoms with E-state index in [1.165, 1.54) is 29.3 Å². The number of benzene rings is 2. The first-order chi connectivity index (χ1) is 19.9. The summed E-state index contributed by atoms with van der Waals surface area (Å²) in [6.45, 7) is 2.01. The average molecular weight is 568 g/mol. The number of rotatable bonds is 11. The monoisotopic (exact) mass is 567 g/mol. The maximum atomic E-state index is 13.9. The Hall–Kier alpha value is -4.36. The van der Waals surface area contributed by atoms with Gasteiger partial charge in [-0.2, -0.15) is 5.10 Å². The molecule has 1 atom stereocenters. The Bertz CT molecular complexity index is 1520. The van der Waals surface area contributed by atoms with Crippen LogP contribution in [-0.2, 0) is 11.3 Å². The van der Waals surface area contributed by atoms with Gasteiger partial charge < -0.3 is 25.2 Å². The summed E-state index contributed by atoms with van der Waals surface area (Å²) in [5.41, 5.74) is 0.938. The van der Waals surface area contributed by atoms with Crippen LogP contribution in [0.5, 0.6) is 11.5 Å². The highest BCUT2D eigenvalue weighted by Gasteiger charge is 2.21. The number of fused-ring (bicyclic) bond motifs is 1. The predicted molar refractivity (Wildman–Crippen MR) is 148 cm³/mol. The number of aromatic nitrogens is 4. The van der Waals surface area contributed by atoms with Crippen molar-refractivity contribution in [2.24, 2.45) is 0 Å². The van der Waals surface area contributed by atoms with Crippen molar-refractivity contribution in [1.29, 1.82) is 0 Å². The van der Waals surface area contributed by atoms with Gasteiger partial charge in [0.2, 0.25) is 5.91 Å². The van der Waals surface area contributed by atoms with E-state index in [1.807, 2.05) is 0 Å². The van der Waals surface area contributed by atoms with E-state index < -0.39 is 17.5 Å². The quantitative estimate of drug-likeness (QED) is 0.249. The molecular formula is C28H31F2N7O4. The van der Waals surface area contributed by atoms with Gasteiger partial charge in [0.25, 0.3) is 0 Å². The molecule has 1 fully saturated rings. The van der Waals surface area contributed by atoms with Gasteiger partial charge >= 0.3 is 0 Å². The van der Waals surface area contributed by atoms with Crippen LogP contribution >= 0.6 is 0 Å². The lowest BCUT2D eigenvalue weighted by Crippen LogP contribution is -2.43. The zero-order chi connectivity index (χ0) is 28.8. The van der Waals surface area contributed by atoms with Crippen LogP contribution in [0.2, 0.25) is 0 Å². The van der Waals surface area contributed by atoms with Crippen molar-refractivity contribution in [2.75, 3.05) is 44.0 Å². The predicted octanol–water partition coefficient (Wildman–Crippen LogP) is 3.72. The first-order valence-electron chi connectivity index (χ1n) is 13.3. The molecule has 0 saturated carbocycles. The number of carbonyl (C=O) groups excluding carboxylic acids is 1. The number of aliphatic hydroxyl groups excluding tert-OH is 1. The van der Waals surface area contributed by atoms with Crippen molar-refractivity contribution in [1.82, 2.24) is 24.6 Å². The Kier molecular flexibility index (Phi) is 8.85. The number of carbonyl (C=O) groups is 1. The van der Waals surface area contributed by atoms with Crippen molar-refractivity contribution in [3.05, 3.63) is 60.7 Å². The van der Waals surface area contributed by atoms with Crippen LogP contribution in [0.15, 0.2) is 49.1 Å². The highest BCUT2D eigenvalue weighted by atomic mass is 19.2. The minimum atomic E-state index is -1.12. The number of hydrogen-bond acceptors (Lipinski definition) is 9. The first-order valence-corrected chi connectivity index (χ1v) is 13.3. The third-order valence-corrected chi connectivity index (χ3v) is 6.94. The summed E-state index contributed by atoms with van der Waals surface area (Å²) < 4.78 is 40.3. The molecule has 1 amide bonds. The van der Waals surface area contributed by atoms with E-state index in [4.69, 9.17) is 9.47 Å². The topological polar surface area (TPSA) is 127 Å². The lowest BCUT2D eigenvalue weighted by atomic mass is 10.0. The fraction of sp³-hybridized carbons (Fsp3) is 0.357. The van der Waals surface area contributed by atoms with Crippen molar-refractivity contribution >= 4 is 34.0 Å². The number of nitrogens with one attached hydrogen (secondary N) is 2. The van der Waals surface area contributed by atoms with Gasteiger partial charge in [0, 0.05) is 30.2 Å². The highest BCUT2D eigenvalue weighted by molar-refractivity contribution is 5.93. The first kappa shape index (κ1) is 28.2. The Morgan fingerprint density at radius 3 is 2.90 bits per heavy atom. The molecule has 3 heterocycles. The maximum absolute atomic E-state index is 13.9. The molecule has 2 aromatic carbocycles. The van der Waals surface area contributed by atoms with Gasteiger partial charge in [-0.3, -0.25) is 14.4 Å². The summed E-state index contributed by atoms with van der Waals surface area (Å²) in [4.78, 5) is 23.3. The normalized spacial score (nSPS) is 15.6. The van der Waals surface area contributed by atoms with Gasteiger partial charge in [-0.15, -0.1) is 0 Å². The number of amides is 1. The second-order valence-corrected chi connectivity index (χ2v) is 9.66. The van der Waals surface area contributed by atoms with Crippen LogP contribution in [-0.4, -0.2) is 75.1 Å². The summed E-state index contributed by atoms with van der Waals surface area (Å²) >= 11 is 0. The third kappa shape index (κ3) is 6.69. The number of halogens is 2. The van der Waals surface area contributed by atoms with Gasteiger partial charge in [0.05, 0.1) is 36.8 Å². The number of likely N-dealkylation sites (tertiary alicyclic amines) is 1. The number of hydrogen-bond donors (Lipinski definition) is 3. The van der Waals surface area contributed by atoms with Crippen LogP contribution in [0.1, 0.15) is 19.3 Å². The number of piperidine rings is 1. The summed E-state index contributed by atoms with van der Waals surface area (Å²) in [6.07, 6.45) is 7.76. The van der Waals surface area contributed by atoms with E-state index in [-0.39, 0.29) is 24.9 Å². The minimum Gasteiger partial charge on any atom is -0.493 e. The zero-order valence-electron chi connectivity index (χ0n) is 22.5. The number of aliphatic hydroxyl groups is 1. The molecule has 11 nitrogen and oxygen atoms in total.